The second kappa shape index (κ2) is 5.32. The first-order chi connectivity index (χ1) is 8.56. The molecule has 6 heteroatoms. The van der Waals surface area contributed by atoms with Gasteiger partial charge in [0.15, 0.2) is 5.76 Å². The Bertz CT molecular complexity index is 559. The minimum absolute atomic E-state index is 0.375. The number of hydrogen-bond donors (Lipinski definition) is 2. The van der Waals surface area contributed by atoms with Crippen molar-refractivity contribution in [1.29, 1.82) is 0 Å². The van der Waals surface area contributed by atoms with Crippen LogP contribution >= 0.6 is 11.3 Å². The van der Waals surface area contributed by atoms with E-state index in [2.05, 4.69) is 10.5 Å². The minimum atomic E-state index is -0.875. The van der Waals surface area contributed by atoms with Crippen molar-refractivity contribution in [1.82, 2.24) is 10.5 Å². The van der Waals surface area contributed by atoms with Crippen LogP contribution in [0.3, 0.4) is 0 Å². The number of carbonyl (C=O) groups is 1. The number of nitrogens with zero attached hydrogens (tertiary/aromatic N) is 1. The molecule has 2 heterocycles. The summed E-state index contributed by atoms with van der Waals surface area (Å²) in [6.07, 6.45) is 0. The Kier molecular flexibility index (Phi) is 3.78. The maximum Gasteiger partial charge on any atom is 0.345 e. The highest BCUT2D eigenvalue weighted by Gasteiger charge is 2.10. The summed E-state index contributed by atoms with van der Waals surface area (Å²) >= 11 is 1.30. The Morgan fingerprint density at radius 3 is 2.78 bits per heavy atom. The monoisotopic (exact) mass is 266 g/mol. The van der Waals surface area contributed by atoms with E-state index in [0.717, 1.165) is 21.9 Å². The molecule has 0 unspecified atom stereocenters. The van der Waals surface area contributed by atoms with E-state index < -0.39 is 5.97 Å². The predicted octanol–water partition coefficient (Wildman–Crippen LogP) is 2.34. The summed E-state index contributed by atoms with van der Waals surface area (Å²) in [6.45, 7) is 5.00. The van der Waals surface area contributed by atoms with E-state index in [1.54, 1.807) is 6.07 Å². The van der Waals surface area contributed by atoms with Crippen LogP contribution in [0.4, 0.5) is 0 Å². The fourth-order valence-electron chi connectivity index (χ4n) is 1.62. The lowest BCUT2D eigenvalue weighted by Crippen LogP contribution is -2.12. The highest BCUT2D eigenvalue weighted by molar-refractivity contribution is 7.14. The molecule has 0 aromatic carbocycles. The number of nitrogens with one attached hydrogen (secondary N) is 1. The van der Waals surface area contributed by atoms with Crippen molar-refractivity contribution in [2.24, 2.45) is 0 Å². The maximum atomic E-state index is 10.8. The quantitative estimate of drug-likeness (QED) is 0.868. The van der Waals surface area contributed by atoms with Gasteiger partial charge in [0, 0.05) is 17.5 Å². The van der Waals surface area contributed by atoms with E-state index in [9.17, 15) is 4.79 Å². The summed E-state index contributed by atoms with van der Waals surface area (Å²) < 4.78 is 5.07. The third kappa shape index (κ3) is 2.96. The van der Waals surface area contributed by atoms with Gasteiger partial charge in [0.05, 0.1) is 12.2 Å². The molecule has 0 aliphatic rings. The molecule has 0 aliphatic heterocycles. The van der Waals surface area contributed by atoms with Crippen LogP contribution in [0.1, 0.15) is 31.6 Å². The second-order valence-electron chi connectivity index (χ2n) is 4.04. The number of aryl methyl sites for hydroxylation is 2. The van der Waals surface area contributed by atoms with Gasteiger partial charge in [-0.3, -0.25) is 0 Å². The number of thiophene rings is 1. The van der Waals surface area contributed by atoms with Gasteiger partial charge >= 0.3 is 5.97 Å². The summed E-state index contributed by atoms with van der Waals surface area (Å²) in [5, 5.41) is 15.9. The minimum Gasteiger partial charge on any atom is -0.477 e. The third-order valence-corrected chi connectivity index (χ3v) is 3.60. The molecule has 0 atom stereocenters. The van der Waals surface area contributed by atoms with Crippen LogP contribution < -0.4 is 5.32 Å². The standard InChI is InChI=1S/C12H14N2O3S/c1-7-3-10(17-14-7)6-13-5-9-4-11(12(15)16)18-8(9)2/h3-4,13H,5-6H2,1-2H3,(H,15,16). The van der Waals surface area contributed by atoms with Gasteiger partial charge in [-0.25, -0.2) is 4.79 Å². The first kappa shape index (κ1) is 12.8. The Labute approximate surface area is 108 Å². The van der Waals surface area contributed by atoms with Gasteiger partial charge in [-0.15, -0.1) is 11.3 Å². The number of rotatable bonds is 5. The molecule has 18 heavy (non-hydrogen) atoms. The van der Waals surface area contributed by atoms with Gasteiger partial charge in [-0.1, -0.05) is 5.16 Å². The number of carboxylic acid groups (broad SMARTS) is 1. The first-order valence-corrected chi connectivity index (χ1v) is 6.33. The largest absolute Gasteiger partial charge is 0.477 e. The molecule has 0 fully saturated rings. The van der Waals surface area contributed by atoms with E-state index in [-0.39, 0.29) is 0 Å². The summed E-state index contributed by atoms with van der Waals surface area (Å²) in [4.78, 5) is 12.2. The Hall–Kier alpha value is -1.66. The molecule has 0 radical (unpaired) electrons. The average Bonchev–Trinajstić information content (AvgIpc) is 2.87. The Morgan fingerprint density at radius 2 is 2.22 bits per heavy atom. The molecule has 0 aliphatic carbocycles. The summed E-state index contributed by atoms with van der Waals surface area (Å²) in [5.41, 5.74) is 1.86. The van der Waals surface area contributed by atoms with Crippen LogP contribution in [0.15, 0.2) is 16.7 Å². The zero-order valence-corrected chi connectivity index (χ0v) is 11.0. The zero-order valence-electron chi connectivity index (χ0n) is 10.2. The highest BCUT2D eigenvalue weighted by atomic mass is 32.1. The molecule has 5 nitrogen and oxygen atoms in total. The van der Waals surface area contributed by atoms with Crippen molar-refractivity contribution < 1.29 is 14.4 Å². The van der Waals surface area contributed by atoms with E-state index >= 15 is 0 Å². The lowest BCUT2D eigenvalue weighted by atomic mass is 10.2. The molecule has 2 N–H and O–H groups in total. The third-order valence-electron chi connectivity index (χ3n) is 2.52. The first-order valence-electron chi connectivity index (χ1n) is 5.52. The summed E-state index contributed by atoms with van der Waals surface area (Å²) in [7, 11) is 0. The molecule has 2 aromatic rings. The molecular formula is C12H14N2O3S. The van der Waals surface area contributed by atoms with Crippen LogP contribution in [0.5, 0.6) is 0 Å². The molecule has 0 saturated carbocycles. The number of hydrogen-bond acceptors (Lipinski definition) is 5. The van der Waals surface area contributed by atoms with Gasteiger partial charge in [0.2, 0.25) is 0 Å². The summed E-state index contributed by atoms with van der Waals surface area (Å²) in [5.74, 6) is -0.0981. The average molecular weight is 266 g/mol. The predicted molar refractivity (Wildman–Crippen MR) is 67.8 cm³/mol. The van der Waals surface area contributed by atoms with E-state index in [1.165, 1.54) is 11.3 Å². The van der Waals surface area contributed by atoms with Gasteiger partial charge in [-0.05, 0) is 25.5 Å². The number of aromatic nitrogens is 1. The summed E-state index contributed by atoms with van der Waals surface area (Å²) in [6, 6.07) is 3.58. The van der Waals surface area contributed by atoms with Gasteiger partial charge in [0.25, 0.3) is 0 Å². The molecule has 0 amide bonds. The smallest absolute Gasteiger partial charge is 0.345 e. The SMILES string of the molecule is Cc1cc(CNCc2cc(C(=O)O)sc2C)on1. The lowest BCUT2D eigenvalue weighted by Gasteiger charge is -2.00. The van der Waals surface area contributed by atoms with Gasteiger partial charge in [-0.2, -0.15) is 0 Å². The zero-order chi connectivity index (χ0) is 13.1. The molecule has 0 bridgehead atoms. The Morgan fingerprint density at radius 1 is 1.44 bits per heavy atom. The van der Waals surface area contributed by atoms with Crippen molar-refractivity contribution in [3.8, 4) is 0 Å². The van der Waals surface area contributed by atoms with Gasteiger partial charge < -0.3 is 14.9 Å². The van der Waals surface area contributed by atoms with Crippen LogP contribution in [-0.4, -0.2) is 16.2 Å². The second-order valence-corrected chi connectivity index (χ2v) is 5.29. The van der Waals surface area contributed by atoms with Crippen molar-refractivity contribution in [2.45, 2.75) is 26.9 Å². The normalized spacial score (nSPS) is 10.8. The van der Waals surface area contributed by atoms with E-state index in [4.69, 9.17) is 9.63 Å². The van der Waals surface area contributed by atoms with Gasteiger partial charge in [0.1, 0.15) is 4.88 Å². The number of aromatic carboxylic acids is 1. The number of carboxylic acids is 1. The molecule has 2 rings (SSSR count). The fraction of sp³-hybridized carbons (Fsp3) is 0.333. The van der Waals surface area contributed by atoms with Crippen molar-refractivity contribution >= 4 is 17.3 Å². The van der Waals surface area contributed by atoms with E-state index in [1.807, 2.05) is 19.9 Å². The molecule has 2 aromatic heterocycles. The topological polar surface area (TPSA) is 75.4 Å². The van der Waals surface area contributed by atoms with Crippen LogP contribution in [0, 0.1) is 13.8 Å². The molecule has 0 spiro atoms. The molecular weight excluding hydrogens is 252 g/mol. The molecule has 0 saturated heterocycles. The highest BCUT2D eigenvalue weighted by Crippen LogP contribution is 2.21. The van der Waals surface area contributed by atoms with Crippen molar-refractivity contribution in [2.75, 3.05) is 0 Å². The lowest BCUT2D eigenvalue weighted by molar-refractivity contribution is 0.0702. The fourth-order valence-corrected chi connectivity index (χ4v) is 2.50. The van der Waals surface area contributed by atoms with E-state index in [0.29, 0.717) is 18.0 Å². The van der Waals surface area contributed by atoms with Crippen LogP contribution in [-0.2, 0) is 13.1 Å². The molecule has 96 valence electrons. The van der Waals surface area contributed by atoms with Crippen molar-refractivity contribution in [3.05, 3.63) is 38.9 Å². The van der Waals surface area contributed by atoms with Crippen LogP contribution in [0.2, 0.25) is 0 Å². The maximum absolute atomic E-state index is 10.8. The van der Waals surface area contributed by atoms with Crippen LogP contribution in [0.25, 0.3) is 0 Å². The van der Waals surface area contributed by atoms with Crippen molar-refractivity contribution in [3.63, 3.8) is 0 Å². The Balaban J connectivity index is 1.92.